The van der Waals surface area contributed by atoms with E-state index in [0.717, 1.165) is 55.8 Å². The van der Waals surface area contributed by atoms with E-state index in [1.165, 1.54) is 11.6 Å². The van der Waals surface area contributed by atoms with E-state index in [2.05, 4.69) is 46.7 Å². The molecular formula is C44H62N4O10. The molecule has 2 aromatic rings. The van der Waals surface area contributed by atoms with Gasteiger partial charge in [0.2, 0.25) is 11.8 Å². The van der Waals surface area contributed by atoms with Crippen LogP contribution in [0.1, 0.15) is 82.2 Å². The number of rotatable bonds is 22. The Bertz CT molecular complexity index is 1750. The number of carboxylic acid groups (broad SMARTS) is 2. The first-order chi connectivity index (χ1) is 27.4. The number of methoxy groups -OCH3 is 1. The molecule has 318 valence electrons. The van der Waals surface area contributed by atoms with E-state index in [4.69, 9.17) is 19.3 Å². The smallest absolute Gasteiger partial charge is 0.345 e. The number of hydrogen-bond donors (Lipinski definition) is 4. The zero-order valence-corrected chi connectivity index (χ0v) is 35.0. The first-order valence-corrected chi connectivity index (χ1v) is 20.2. The Morgan fingerprint density at radius 3 is 2.22 bits per heavy atom. The van der Waals surface area contributed by atoms with E-state index >= 15 is 0 Å². The summed E-state index contributed by atoms with van der Waals surface area (Å²) >= 11 is 0. The van der Waals surface area contributed by atoms with Crippen molar-refractivity contribution in [2.45, 2.75) is 98.1 Å². The van der Waals surface area contributed by atoms with Crippen molar-refractivity contribution in [3.05, 3.63) is 76.9 Å². The molecule has 4 N–H and O–H groups in total. The Labute approximate surface area is 342 Å². The number of carbonyl (C=O) groups is 5. The second-order valence-electron chi connectivity index (χ2n) is 16.7. The van der Waals surface area contributed by atoms with E-state index in [-0.39, 0.29) is 50.0 Å². The predicted molar refractivity (Wildman–Crippen MR) is 218 cm³/mol. The highest BCUT2D eigenvalue weighted by Gasteiger charge is 2.43. The molecule has 0 spiro atoms. The minimum atomic E-state index is -1.29. The Balaban J connectivity index is 1.27. The molecule has 2 aliphatic heterocycles. The van der Waals surface area contributed by atoms with Gasteiger partial charge < -0.3 is 35.1 Å². The molecule has 2 amide bonds. The van der Waals surface area contributed by atoms with E-state index in [0.29, 0.717) is 12.2 Å². The van der Waals surface area contributed by atoms with Crippen molar-refractivity contribution in [2.75, 3.05) is 46.4 Å². The fraction of sp³-hybridized carbons (Fsp3) is 0.568. The number of carbonyl (C=O) groups excluding carboxylic acids is 3. The second-order valence-corrected chi connectivity index (χ2v) is 16.7. The van der Waals surface area contributed by atoms with E-state index < -0.39 is 47.3 Å². The maximum absolute atomic E-state index is 13.6. The number of ether oxygens (including phenoxy) is 3. The highest BCUT2D eigenvalue weighted by Crippen LogP contribution is 2.44. The molecule has 2 saturated heterocycles. The third kappa shape index (κ3) is 14.2. The van der Waals surface area contributed by atoms with Crippen LogP contribution < -0.4 is 15.4 Å². The number of benzene rings is 2. The Hall–Kier alpha value is -4.79. The molecule has 2 aromatic carbocycles. The van der Waals surface area contributed by atoms with Crippen molar-refractivity contribution in [1.82, 2.24) is 20.4 Å². The van der Waals surface area contributed by atoms with Crippen LogP contribution in [0.15, 0.2) is 54.6 Å². The van der Waals surface area contributed by atoms with Gasteiger partial charge in [0, 0.05) is 45.7 Å². The average molecular weight is 807 g/mol. The number of amides is 2. The average Bonchev–Trinajstić information content (AvgIpc) is 3.97. The molecule has 0 bridgehead atoms. The quantitative estimate of drug-likeness (QED) is 0.0741. The maximum atomic E-state index is 13.6. The van der Waals surface area contributed by atoms with E-state index in [1.807, 2.05) is 37.8 Å². The van der Waals surface area contributed by atoms with Crippen LogP contribution in [0.2, 0.25) is 0 Å². The van der Waals surface area contributed by atoms with Crippen LogP contribution in [0.25, 0.3) is 0 Å². The summed E-state index contributed by atoms with van der Waals surface area (Å²) < 4.78 is 16.8. The van der Waals surface area contributed by atoms with Crippen molar-refractivity contribution in [2.24, 2.45) is 17.3 Å². The van der Waals surface area contributed by atoms with Crippen molar-refractivity contribution in [3.63, 3.8) is 0 Å². The Kier molecular flexibility index (Phi) is 16.8. The third-order valence-corrected chi connectivity index (χ3v) is 10.7. The van der Waals surface area contributed by atoms with Gasteiger partial charge in [0.1, 0.15) is 17.9 Å². The van der Waals surface area contributed by atoms with Crippen LogP contribution in [-0.2, 0) is 46.4 Å². The maximum Gasteiger partial charge on any atom is 0.345 e. The minimum Gasteiger partial charge on any atom is -0.496 e. The van der Waals surface area contributed by atoms with Gasteiger partial charge in [-0.3, -0.25) is 29.0 Å². The molecule has 4 rings (SSSR count). The van der Waals surface area contributed by atoms with Gasteiger partial charge in [0.25, 0.3) is 0 Å². The molecule has 0 radical (unpaired) electrons. The highest BCUT2D eigenvalue weighted by atomic mass is 16.6. The topological polar surface area (TPSA) is 187 Å². The number of nitrogens with zero attached hydrogens (tertiary/aromatic N) is 2. The fourth-order valence-electron chi connectivity index (χ4n) is 7.06. The third-order valence-electron chi connectivity index (χ3n) is 10.7. The van der Waals surface area contributed by atoms with Crippen LogP contribution in [0.4, 0.5) is 0 Å². The largest absolute Gasteiger partial charge is 0.496 e. The first-order valence-electron chi connectivity index (χ1n) is 20.2. The molecule has 14 nitrogen and oxygen atoms in total. The Morgan fingerprint density at radius 1 is 0.966 bits per heavy atom. The lowest BCUT2D eigenvalue weighted by atomic mass is 9.93. The summed E-state index contributed by atoms with van der Waals surface area (Å²) in [6.45, 7) is 14.8. The SMILES string of the molecule is COc1ccc(C[C@@H](NC(=O)/C=C/CC[C@H](C)C2OC2c2ccc(CN3CCN(CC(=O)O)CC3)cc2)C(=O)NCC(C)(C)C(=O)O[C@@H](CC(C)C)C(=O)O)cc1C. The van der Waals surface area contributed by atoms with Gasteiger partial charge in [0.15, 0.2) is 6.10 Å². The van der Waals surface area contributed by atoms with Crippen LogP contribution in [0.3, 0.4) is 0 Å². The normalized spacial score (nSPS) is 19.0. The van der Waals surface area contributed by atoms with Crippen LogP contribution in [0.5, 0.6) is 5.75 Å². The summed E-state index contributed by atoms with van der Waals surface area (Å²) in [7, 11) is 1.58. The van der Waals surface area contributed by atoms with Crippen molar-refractivity contribution in [3.8, 4) is 5.75 Å². The lowest BCUT2D eigenvalue weighted by molar-refractivity contribution is -0.171. The lowest BCUT2D eigenvalue weighted by Crippen LogP contribution is -2.51. The molecule has 0 aliphatic carbocycles. The zero-order chi connectivity index (χ0) is 42.6. The number of piperazine rings is 1. The standard InChI is InChI=1S/C44H62N4O10/c1-28(2)22-36(42(53)54)57-43(55)44(5,6)27-45-41(52)34(24-32-14-17-35(56-7)30(4)23-32)46-37(49)11-9-8-10-29(3)39-40(58-39)33-15-12-31(13-16-33)25-47-18-20-48(21-19-47)26-38(50)51/h9,11-17,23,28-29,34,36,39-40H,8,10,18-22,24-27H2,1-7H3,(H,45,52)(H,46,49)(H,50,51)(H,53,54)/b11-9+/t29-,34+,36-,39?,40?/m0/s1. The van der Waals surface area contributed by atoms with Crippen LogP contribution >= 0.6 is 0 Å². The summed E-state index contributed by atoms with van der Waals surface area (Å²) in [5.41, 5.74) is 2.78. The zero-order valence-electron chi connectivity index (χ0n) is 35.0. The molecular weight excluding hydrogens is 745 g/mol. The number of aliphatic carboxylic acids is 2. The second kappa shape index (κ2) is 21.3. The van der Waals surface area contributed by atoms with Gasteiger partial charge in [-0.2, -0.15) is 0 Å². The molecule has 2 fully saturated rings. The van der Waals surface area contributed by atoms with Gasteiger partial charge in [-0.25, -0.2) is 4.79 Å². The van der Waals surface area contributed by atoms with Gasteiger partial charge in [-0.05, 0) is 86.3 Å². The van der Waals surface area contributed by atoms with Crippen molar-refractivity contribution in [1.29, 1.82) is 0 Å². The van der Waals surface area contributed by atoms with Gasteiger partial charge >= 0.3 is 17.9 Å². The minimum absolute atomic E-state index is 0.00520. The van der Waals surface area contributed by atoms with Gasteiger partial charge in [-0.1, -0.05) is 63.2 Å². The van der Waals surface area contributed by atoms with Crippen molar-refractivity contribution >= 4 is 29.7 Å². The number of nitrogens with one attached hydrogen (secondary N) is 2. The van der Waals surface area contributed by atoms with E-state index in [9.17, 15) is 29.1 Å². The lowest BCUT2D eigenvalue weighted by Gasteiger charge is -2.33. The number of aryl methyl sites for hydroxylation is 1. The molecule has 2 aliphatic rings. The molecule has 0 saturated carbocycles. The van der Waals surface area contributed by atoms with Gasteiger partial charge in [0.05, 0.1) is 25.2 Å². The summed E-state index contributed by atoms with van der Waals surface area (Å²) in [6, 6.07) is 13.1. The summed E-state index contributed by atoms with van der Waals surface area (Å²) in [5, 5.41) is 24.2. The molecule has 0 aromatic heterocycles. The summed E-state index contributed by atoms with van der Waals surface area (Å²) in [4.78, 5) is 66.7. The van der Waals surface area contributed by atoms with E-state index in [1.54, 1.807) is 33.1 Å². The molecule has 5 atom stereocenters. The van der Waals surface area contributed by atoms with Gasteiger partial charge in [-0.15, -0.1) is 0 Å². The number of allylic oxidation sites excluding steroid dienone is 1. The molecule has 2 heterocycles. The number of esters is 1. The molecule has 58 heavy (non-hydrogen) atoms. The Morgan fingerprint density at radius 2 is 1.62 bits per heavy atom. The monoisotopic (exact) mass is 806 g/mol. The highest BCUT2D eigenvalue weighted by molar-refractivity contribution is 5.93. The van der Waals surface area contributed by atoms with Crippen molar-refractivity contribution < 1.29 is 48.4 Å². The summed E-state index contributed by atoms with van der Waals surface area (Å²) in [6.07, 6.45) is 3.83. The molecule has 14 heteroatoms. The summed E-state index contributed by atoms with van der Waals surface area (Å²) in [5.74, 6) is -2.75. The fourth-order valence-corrected chi connectivity index (χ4v) is 7.06. The number of carboxylic acids is 2. The molecule has 2 unspecified atom stereocenters. The van der Waals surface area contributed by atoms with Crippen LogP contribution in [0, 0.1) is 24.2 Å². The predicted octanol–water partition coefficient (Wildman–Crippen LogP) is 4.53. The first kappa shape index (κ1) is 45.9. The number of hydrogen-bond acceptors (Lipinski definition) is 10. The number of epoxide rings is 1. The van der Waals surface area contributed by atoms with Crippen LogP contribution in [-0.4, -0.2) is 114 Å².